The highest BCUT2D eigenvalue weighted by atomic mass is 32.1. The van der Waals surface area contributed by atoms with E-state index in [1.807, 2.05) is 4.98 Å². The number of nitrogens with zero attached hydrogens (tertiary/aromatic N) is 1. The second-order valence-corrected chi connectivity index (χ2v) is 11.1. The van der Waals surface area contributed by atoms with E-state index < -0.39 is 70.3 Å². The molecule has 1 aromatic heterocycles. The zero-order valence-electron chi connectivity index (χ0n) is 15.0. The Morgan fingerprint density at radius 1 is 1.23 bits per heavy atom. The van der Waals surface area contributed by atoms with Gasteiger partial charge < -0.3 is 34.5 Å². The van der Waals surface area contributed by atoms with Crippen molar-refractivity contribution in [1.29, 1.82) is 0 Å². The molecule has 1 fully saturated rings. The van der Waals surface area contributed by atoms with E-state index in [0.717, 1.165) is 11.5 Å². The van der Waals surface area contributed by atoms with Crippen LogP contribution in [0.3, 0.4) is 0 Å². The van der Waals surface area contributed by atoms with Crippen LogP contribution >= 0.6 is 35.7 Å². The zero-order valence-corrected chi connectivity index (χ0v) is 18.5. The minimum atomic E-state index is -5.77. The van der Waals surface area contributed by atoms with Crippen LogP contribution in [0, 0.1) is 10.6 Å². The van der Waals surface area contributed by atoms with Crippen molar-refractivity contribution in [2.45, 2.75) is 31.0 Å². The van der Waals surface area contributed by atoms with Crippen LogP contribution in [-0.4, -0.2) is 63.8 Å². The van der Waals surface area contributed by atoms with E-state index in [1.165, 1.54) is 0 Å². The van der Waals surface area contributed by atoms with Crippen LogP contribution in [0.25, 0.3) is 0 Å². The minimum absolute atomic E-state index is 0.403. The lowest BCUT2D eigenvalue weighted by atomic mass is 9.99. The van der Waals surface area contributed by atoms with Gasteiger partial charge in [0.25, 0.3) is 5.56 Å². The van der Waals surface area contributed by atoms with Crippen LogP contribution in [0.5, 0.6) is 0 Å². The van der Waals surface area contributed by atoms with Crippen LogP contribution in [0.2, 0.25) is 0 Å². The number of nitrogens with one attached hydrogen (secondary N) is 1. The first kappa shape index (κ1) is 26.6. The Morgan fingerprint density at radius 3 is 2.35 bits per heavy atom. The minimum Gasteiger partial charge on any atom is -0.387 e. The third kappa shape index (κ3) is 6.66. The summed E-state index contributed by atoms with van der Waals surface area (Å²) in [6, 6.07) is 0. The molecule has 0 bridgehead atoms. The molecule has 2 unspecified atom stereocenters. The molecule has 2 heterocycles. The van der Waals surface area contributed by atoms with E-state index >= 15 is 0 Å². The molecule has 1 aliphatic heterocycles. The summed E-state index contributed by atoms with van der Waals surface area (Å²) in [5, 5.41) is 20.4. The lowest BCUT2D eigenvalue weighted by Crippen LogP contribution is -2.44. The summed E-state index contributed by atoms with van der Waals surface area (Å²) in [4.78, 5) is 48.8. The van der Waals surface area contributed by atoms with E-state index in [9.17, 15) is 38.0 Å². The average molecular weight is 532 g/mol. The maximum atomic E-state index is 13.6. The van der Waals surface area contributed by atoms with E-state index in [1.54, 1.807) is 0 Å². The van der Waals surface area contributed by atoms with Crippen molar-refractivity contribution >= 4 is 35.7 Å². The molecule has 1 aliphatic rings. The summed E-state index contributed by atoms with van der Waals surface area (Å²) in [6.07, 6.45) is -4.73. The van der Waals surface area contributed by atoms with Crippen molar-refractivity contribution in [2.24, 2.45) is 0 Å². The summed E-state index contributed by atoms with van der Waals surface area (Å²) < 4.78 is 64.5. The first-order chi connectivity index (χ1) is 13.9. The Balaban J connectivity index is 2.18. The van der Waals surface area contributed by atoms with Crippen molar-refractivity contribution in [1.82, 2.24) is 9.55 Å². The lowest BCUT2D eigenvalue weighted by Gasteiger charge is -2.28. The fourth-order valence-corrected chi connectivity index (χ4v) is 5.80. The number of aliphatic hydroxyl groups excluding tert-OH is 2. The van der Waals surface area contributed by atoms with Gasteiger partial charge in [-0.1, -0.05) is 0 Å². The van der Waals surface area contributed by atoms with E-state index in [0.29, 0.717) is 6.20 Å². The fraction of sp³-hybridized carbons (Fsp3) is 0.600. The highest BCUT2D eigenvalue weighted by Gasteiger charge is 2.53. The zero-order chi connectivity index (χ0) is 24.0. The van der Waals surface area contributed by atoms with Gasteiger partial charge in [0.2, 0.25) is 5.82 Å². The van der Waals surface area contributed by atoms with Crippen molar-refractivity contribution in [3.63, 3.8) is 0 Å². The van der Waals surface area contributed by atoms with Gasteiger partial charge in [0, 0.05) is 0 Å². The van der Waals surface area contributed by atoms with Crippen molar-refractivity contribution < 1.29 is 65.8 Å². The van der Waals surface area contributed by atoms with Crippen LogP contribution in [0.15, 0.2) is 11.0 Å². The highest BCUT2D eigenvalue weighted by Crippen LogP contribution is 2.66. The van der Waals surface area contributed by atoms with Gasteiger partial charge in [-0.2, -0.15) is 13.0 Å². The van der Waals surface area contributed by atoms with Crippen LogP contribution in [0.4, 0.5) is 4.39 Å². The number of phosphoric ester groups is 1. The largest absolute Gasteiger partial charge is 0.490 e. The summed E-state index contributed by atoms with van der Waals surface area (Å²) in [7, 11) is -16.9. The molecule has 0 saturated carbocycles. The molecule has 0 spiro atoms. The van der Waals surface area contributed by atoms with Crippen molar-refractivity contribution in [2.75, 3.05) is 6.61 Å². The fourth-order valence-electron chi connectivity index (χ4n) is 2.44. The third-order valence-corrected chi connectivity index (χ3v) is 7.86. The number of ether oxygens (including phenoxy) is 1. The molecule has 6 atom stereocenters. The molecule has 21 heteroatoms. The van der Waals surface area contributed by atoms with Gasteiger partial charge in [-0.05, 0) is 19.1 Å². The molecule has 7 N–H and O–H groups in total. The summed E-state index contributed by atoms with van der Waals surface area (Å²) in [6.45, 7) is -0.0538. The predicted octanol–water partition coefficient (Wildman–Crippen LogP) is -0.602. The summed E-state index contributed by atoms with van der Waals surface area (Å²) in [5.74, 6) is -1.30. The van der Waals surface area contributed by atoms with Crippen molar-refractivity contribution in [3.05, 3.63) is 27.1 Å². The van der Waals surface area contributed by atoms with E-state index in [4.69, 9.17) is 31.6 Å². The smallest absolute Gasteiger partial charge is 0.387 e. The summed E-state index contributed by atoms with van der Waals surface area (Å²) in [5.41, 5.74) is -3.19. The number of hydrogen-bond acceptors (Lipinski definition) is 11. The van der Waals surface area contributed by atoms with Gasteiger partial charge >= 0.3 is 23.5 Å². The monoisotopic (exact) mass is 532 g/mol. The van der Waals surface area contributed by atoms with Crippen LogP contribution in [0.1, 0.15) is 13.2 Å². The lowest BCUT2D eigenvalue weighted by molar-refractivity contribution is -0.115. The molecular formula is C10H16FN2O14P3S. The molecule has 31 heavy (non-hydrogen) atoms. The molecule has 0 radical (unpaired) electrons. The third-order valence-electron chi connectivity index (χ3n) is 3.76. The molecule has 178 valence electrons. The average Bonchev–Trinajstić information content (AvgIpc) is 2.78. The quantitative estimate of drug-likeness (QED) is 0.163. The SMILES string of the molecule is C[C@]1(COP(=O)(O)OP(=O)(O)OP(=O)(O)O)O[C@@H](n2cc(F)c(=O)[nH]c2=S)[C@@H](O)[C@H]1O. The molecule has 2 rings (SSSR count). The molecule has 0 aliphatic carbocycles. The standard InChI is InChI=1S/C10H16FN2O14P3S/c1-10(3-24-29(20,21)27-30(22,23)26-28(17,18)19)6(15)5(14)8(25-10)13-2-4(11)7(16)12-9(13)31/h2,5-6,8,14-15H,3H2,1H3,(H,20,21)(H,22,23)(H,12,16,31)(H2,17,18,19)/t5-,6+,8+,10+/m0/s1. The van der Waals surface area contributed by atoms with E-state index in [2.05, 4.69) is 13.1 Å². The number of H-pyrrole nitrogens is 1. The molecular weight excluding hydrogens is 516 g/mol. The Hall–Kier alpha value is -0.680. The number of phosphoric acid groups is 3. The van der Waals surface area contributed by atoms with Gasteiger partial charge in [-0.25, -0.2) is 13.7 Å². The van der Waals surface area contributed by atoms with E-state index in [-0.39, 0.29) is 0 Å². The van der Waals surface area contributed by atoms with Gasteiger partial charge in [0.15, 0.2) is 11.0 Å². The Labute approximate surface area is 176 Å². The number of aromatic amines is 1. The van der Waals surface area contributed by atoms with Gasteiger partial charge in [0.05, 0.1) is 12.8 Å². The molecule has 0 amide bonds. The van der Waals surface area contributed by atoms with Gasteiger partial charge in [-0.15, -0.1) is 0 Å². The number of rotatable bonds is 8. The second-order valence-electron chi connectivity index (χ2n) is 6.26. The van der Waals surface area contributed by atoms with Crippen LogP contribution in [-0.2, 0) is 31.6 Å². The Morgan fingerprint density at radius 2 is 1.81 bits per heavy atom. The second kappa shape index (κ2) is 8.93. The number of halogens is 1. The maximum absolute atomic E-state index is 13.6. The molecule has 1 saturated heterocycles. The topological polar surface area (TPSA) is 247 Å². The first-order valence-corrected chi connectivity index (χ1v) is 12.6. The Bertz CT molecular complexity index is 1100. The first-order valence-electron chi connectivity index (χ1n) is 7.69. The number of aliphatic hydroxyl groups is 2. The maximum Gasteiger partial charge on any atom is 0.490 e. The number of hydrogen-bond donors (Lipinski definition) is 7. The molecule has 0 aromatic carbocycles. The Kier molecular flexibility index (Phi) is 7.65. The molecule has 1 aromatic rings. The van der Waals surface area contributed by atoms with Gasteiger partial charge in [0.1, 0.15) is 17.8 Å². The predicted molar refractivity (Wildman–Crippen MR) is 96.2 cm³/mol. The van der Waals surface area contributed by atoms with Crippen molar-refractivity contribution in [3.8, 4) is 0 Å². The van der Waals surface area contributed by atoms with Gasteiger partial charge in [-0.3, -0.25) is 18.9 Å². The normalized spacial score (nSPS) is 30.6. The van der Waals surface area contributed by atoms with Crippen LogP contribution < -0.4 is 5.56 Å². The molecule has 16 nitrogen and oxygen atoms in total. The number of aromatic nitrogens is 2. The summed E-state index contributed by atoms with van der Waals surface area (Å²) >= 11 is 4.83. The highest BCUT2D eigenvalue weighted by molar-refractivity contribution is 7.71.